The maximum atomic E-state index is 6.09. The van der Waals surface area contributed by atoms with Crippen LogP contribution in [0.15, 0.2) is 42.5 Å². The lowest BCUT2D eigenvalue weighted by atomic mass is 10.0. The fraction of sp³-hybridized carbons (Fsp3) is 0.250. The molecule has 1 unspecified atom stereocenters. The van der Waals surface area contributed by atoms with Gasteiger partial charge in [-0.15, -0.1) is 0 Å². The molecular formula is C16H17Cl2NO. The van der Waals surface area contributed by atoms with Gasteiger partial charge in [-0.25, -0.2) is 0 Å². The van der Waals surface area contributed by atoms with Crippen molar-refractivity contribution in [3.63, 3.8) is 0 Å². The van der Waals surface area contributed by atoms with E-state index in [1.807, 2.05) is 19.2 Å². The zero-order chi connectivity index (χ0) is 14.5. The minimum atomic E-state index is 0.364. The highest BCUT2D eigenvalue weighted by molar-refractivity contribution is 6.35. The third kappa shape index (κ3) is 3.66. The van der Waals surface area contributed by atoms with Crippen molar-refractivity contribution in [2.75, 3.05) is 7.05 Å². The number of nitrogens with one attached hydrogen (secondary N) is 1. The molecular weight excluding hydrogens is 293 g/mol. The number of rotatable bonds is 5. The average Bonchev–Trinajstić information content (AvgIpc) is 2.45. The highest BCUT2D eigenvalue weighted by atomic mass is 35.5. The molecule has 0 fully saturated rings. The molecule has 2 aromatic rings. The van der Waals surface area contributed by atoms with E-state index < -0.39 is 0 Å². The lowest BCUT2D eigenvalue weighted by Crippen LogP contribution is -2.14. The van der Waals surface area contributed by atoms with Gasteiger partial charge in [0.05, 0.1) is 5.02 Å². The molecule has 0 aromatic heterocycles. The second-order valence-corrected chi connectivity index (χ2v) is 5.34. The van der Waals surface area contributed by atoms with E-state index in [0.29, 0.717) is 21.8 Å². The van der Waals surface area contributed by atoms with Gasteiger partial charge in [0.25, 0.3) is 0 Å². The van der Waals surface area contributed by atoms with Gasteiger partial charge in [0.15, 0.2) is 0 Å². The molecule has 106 valence electrons. The van der Waals surface area contributed by atoms with Crippen LogP contribution in [0.2, 0.25) is 10.0 Å². The summed E-state index contributed by atoms with van der Waals surface area (Å²) in [4.78, 5) is 0. The molecule has 1 atom stereocenters. The third-order valence-electron chi connectivity index (χ3n) is 3.16. The van der Waals surface area contributed by atoms with Crippen molar-refractivity contribution in [1.82, 2.24) is 5.32 Å². The number of hydrogen-bond donors (Lipinski definition) is 1. The summed E-state index contributed by atoms with van der Waals surface area (Å²) in [5.41, 5.74) is 1.24. The van der Waals surface area contributed by atoms with Crippen molar-refractivity contribution in [3.8, 4) is 11.5 Å². The Bertz CT molecular complexity index is 565. The maximum Gasteiger partial charge on any atom is 0.146 e. The van der Waals surface area contributed by atoms with Gasteiger partial charge >= 0.3 is 0 Å². The Labute approximate surface area is 129 Å². The quantitative estimate of drug-likeness (QED) is 0.792. The van der Waals surface area contributed by atoms with Gasteiger partial charge in [-0.05, 0) is 49.4 Å². The average molecular weight is 310 g/mol. The summed E-state index contributed by atoms with van der Waals surface area (Å²) in [5, 5.41) is 4.37. The minimum Gasteiger partial charge on any atom is -0.456 e. The van der Waals surface area contributed by atoms with Crippen LogP contribution in [0.3, 0.4) is 0 Å². The van der Waals surface area contributed by atoms with Crippen LogP contribution in [0.25, 0.3) is 0 Å². The molecule has 0 amide bonds. The van der Waals surface area contributed by atoms with Crippen molar-refractivity contribution in [3.05, 3.63) is 58.1 Å². The molecule has 0 aliphatic rings. The van der Waals surface area contributed by atoms with Crippen molar-refractivity contribution in [2.45, 2.75) is 19.4 Å². The van der Waals surface area contributed by atoms with Gasteiger partial charge in [-0.3, -0.25) is 0 Å². The van der Waals surface area contributed by atoms with Crippen LogP contribution in [0.1, 0.15) is 24.9 Å². The fourth-order valence-corrected chi connectivity index (χ4v) is 2.51. The van der Waals surface area contributed by atoms with Crippen LogP contribution in [-0.4, -0.2) is 7.05 Å². The van der Waals surface area contributed by atoms with E-state index in [2.05, 4.69) is 24.4 Å². The topological polar surface area (TPSA) is 21.3 Å². The second kappa shape index (κ2) is 6.98. The summed E-state index contributed by atoms with van der Waals surface area (Å²) >= 11 is 11.9. The minimum absolute atomic E-state index is 0.364. The largest absolute Gasteiger partial charge is 0.456 e. The Morgan fingerprint density at radius 1 is 1.10 bits per heavy atom. The van der Waals surface area contributed by atoms with E-state index in [9.17, 15) is 0 Å². The maximum absolute atomic E-state index is 6.09. The normalized spacial score (nSPS) is 12.2. The molecule has 0 bridgehead atoms. The Morgan fingerprint density at radius 2 is 1.80 bits per heavy atom. The summed E-state index contributed by atoms with van der Waals surface area (Å²) in [7, 11) is 1.96. The van der Waals surface area contributed by atoms with Gasteiger partial charge < -0.3 is 10.1 Å². The summed E-state index contributed by atoms with van der Waals surface area (Å²) in [6.07, 6.45) is 1.04. The first-order valence-corrected chi connectivity index (χ1v) is 7.29. The van der Waals surface area contributed by atoms with Crippen LogP contribution in [0.5, 0.6) is 11.5 Å². The molecule has 0 heterocycles. The van der Waals surface area contributed by atoms with E-state index in [4.69, 9.17) is 27.9 Å². The SMILES string of the molecule is CCC(NC)c1ccc(Oc2ccc(Cl)cc2Cl)cc1. The Balaban J connectivity index is 2.14. The fourth-order valence-electron chi connectivity index (χ4n) is 2.06. The molecule has 1 N–H and O–H groups in total. The Morgan fingerprint density at radius 3 is 2.35 bits per heavy atom. The van der Waals surface area contributed by atoms with Gasteiger partial charge in [0.1, 0.15) is 11.5 Å². The van der Waals surface area contributed by atoms with E-state index in [0.717, 1.165) is 12.2 Å². The van der Waals surface area contributed by atoms with Crippen LogP contribution < -0.4 is 10.1 Å². The van der Waals surface area contributed by atoms with Crippen molar-refractivity contribution < 1.29 is 4.74 Å². The Hall–Kier alpha value is -1.22. The Kier molecular flexibility index (Phi) is 5.30. The summed E-state index contributed by atoms with van der Waals surface area (Å²) < 4.78 is 5.76. The lowest BCUT2D eigenvalue weighted by Gasteiger charge is -2.15. The number of ether oxygens (including phenoxy) is 1. The first kappa shape index (κ1) is 15.2. The number of benzene rings is 2. The van der Waals surface area contributed by atoms with Gasteiger partial charge in [-0.2, -0.15) is 0 Å². The summed E-state index contributed by atoms with van der Waals surface area (Å²) in [6.45, 7) is 2.15. The summed E-state index contributed by atoms with van der Waals surface area (Å²) in [6, 6.07) is 13.6. The zero-order valence-corrected chi connectivity index (χ0v) is 13.0. The predicted molar refractivity (Wildman–Crippen MR) is 85.1 cm³/mol. The van der Waals surface area contributed by atoms with Crippen LogP contribution in [0.4, 0.5) is 0 Å². The molecule has 0 saturated heterocycles. The van der Waals surface area contributed by atoms with Crippen LogP contribution in [0, 0.1) is 0 Å². The molecule has 2 aromatic carbocycles. The first-order valence-electron chi connectivity index (χ1n) is 6.54. The van der Waals surface area contributed by atoms with Crippen LogP contribution in [-0.2, 0) is 0 Å². The molecule has 20 heavy (non-hydrogen) atoms. The molecule has 0 spiro atoms. The molecule has 4 heteroatoms. The third-order valence-corrected chi connectivity index (χ3v) is 3.69. The van der Waals surface area contributed by atoms with Crippen molar-refractivity contribution in [1.29, 1.82) is 0 Å². The van der Waals surface area contributed by atoms with Crippen molar-refractivity contribution >= 4 is 23.2 Å². The summed E-state index contributed by atoms with van der Waals surface area (Å²) in [5.74, 6) is 1.36. The van der Waals surface area contributed by atoms with Crippen molar-refractivity contribution in [2.24, 2.45) is 0 Å². The van der Waals surface area contributed by atoms with Gasteiger partial charge in [-0.1, -0.05) is 42.3 Å². The monoisotopic (exact) mass is 309 g/mol. The predicted octanol–water partition coefficient (Wildman–Crippen LogP) is 5.46. The van der Waals surface area contributed by atoms with Crippen LogP contribution >= 0.6 is 23.2 Å². The standard InChI is InChI=1S/C16H17Cl2NO/c1-3-15(19-2)11-4-7-13(8-5-11)20-16-9-6-12(17)10-14(16)18/h4-10,15,19H,3H2,1-2H3. The highest BCUT2D eigenvalue weighted by Gasteiger charge is 2.07. The van der Waals surface area contributed by atoms with Gasteiger partial charge in [0.2, 0.25) is 0 Å². The number of halogens is 2. The molecule has 2 nitrogen and oxygen atoms in total. The van der Waals surface area contributed by atoms with Gasteiger partial charge in [0, 0.05) is 11.1 Å². The smallest absolute Gasteiger partial charge is 0.146 e. The second-order valence-electron chi connectivity index (χ2n) is 4.50. The first-order chi connectivity index (χ1) is 9.63. The lowest BCUT2D eigenvalue weighted by molar-refractivity contribution is 0.482. The highest BCUT2D eigenvalue weighted by Crippen LogP contribution is 2.32. The molecule has 0 aliphatic heterocycles. The molecule has 0 saturated carbocycles. The van der Waals surface area contributed by atoms with E-state index in [1.165, 1.54) is 5.56 Å². The molecule has 0 aliphatic carbocycles. The van der Waals surface area contributed by atoms with E-state index >= 15 is 0 Å². The van der Waals surface area contributed by atoms with E-state index in [-0.39, 0.29) is 0 Å². The number of hydrogen-bond acceptors (Lipinski definition) is 2. The molecule has 0 radical (unpaired) electrons. The molecule has 2 rings (SSSR count). The van der Waals surface area contributed by atoms with E-state index in [1.54, 1.807) is 18.2 Å². The zero-order valence-electron chi connectivity index (χ0n) is 11.5.